The molecule has 0 unspecified atom stereocenters. The third kappa shape index (κ3) is 3.58. The molecule has 35 heavy (non-hydrogen) atoms. The molecule has 3 heterocycles. The summed E-state index contributed by atoms with van der Waals surface area (Å²) in [6.45, 7) is 1.08. The number of fused-ring (bicyclic) bond motifs is 2. The van der Waals surface area contributed by atoms with Gasteiger partial charge in [-0.05, 0) is 30.5 Å². The molecule has 0 amide bonds. The van der Waals surface area contributed by atoms with Gasteiger partial charge in [0.15, 0.2) is 5.82 Å². The summed E-state index contributed by atoms with van der Waals surface area (Å²) in [4.78, 5) is 9.99. The van der Waals surface area contributed by atoms with Crippen LogP contribution in [0.15, 0.2) is 18.2 Å². The monoisotopic (exact) mass is 505 g/mol. The highest BCUT2D eigenvalue weighted by Crippen LogP contribution is 2.48. The van der Waals surface area contributed by atoms with E-state index in [9.17, 15) is 22.8 Å². The van der Waals surface area contributed by atoms with Gasteiger partial charge >= 0.3 is 12.2 Å². The second-order valence-electron chi connectivity index (χ2n) is 7.99. The molecule has 6 nitrogen and oxygen atoms in total. The predicted octanol–water partition coefficient (Wildman–Crippen LogP) is 5.87. The van der Waals surface area contributed by atoms with Gasteiger partial charge in [0.1, 0.15) is 28.2 Å². The number of alkyl halides is 3. The third-order valence-electron chi connectivity index (χ3n) is 5.98. The molecule has 180 valence electrons. The van der Waals surface area contributed by atoms with Gasteiger partial charge in [0.05, 0.1) is 22.9 Å². The number of methoxy groups -OCH3 is 1. The van der Waals surface area contributed by atoms with Crippen LogP contribution >= 0.6 is 11.3 Å². The first-order valence-electron chi connectivity index (χ1n) is 10.5. The molecule has 0 radical (unpaired) electrons. The minimum Gasteiger partial charge on any atom is -0.467 e. The lowest BCUT2D eigenvalue weighted by atomic mass is 9.92. The highest BCUT2D eigenvalue weighted by atomic mass is 32.1. The molecule has 0 spiro atoms. The Morgan fingerprint density at radius 2 is 1.89 bits per heavy atom. The Hall–Kier alpha value is -3.72. The van der Waals surface area contributed by atoms with Crippen LogP contribution < -0.4 is 15.4 Å². The summed E-state index contributed by atoms with van der Waals surface area (Å²) in [6.07, 6.45) is -3.36. The molecule has 0 bridgehead atoms. The van der Waals surface area contributed by atoms with Gasteiger partial charge in [-0.2, -0.15) is 28.4 Å². The summed E-state index contributed by atoms with van der Waals surface area (Å²) < 4.78 is 78.7. The second kappa shape index (κ2) is 8.20. The number of nitrogens with two attached hydrogens (primary N) is 1. The first-order chi connectivity index (χ1) is 16.7. The molecule has 0 saturated carbocycles. The van der Waals surface area contributed by atoms with Crippen molar-refractivity contribution in [3.8, 4) is 23.2 Å². The number of thiophene rings is 1. The molecular formula is C23H16F5N5OS. The summed E-state index contributed by atoms with van der Waals surface area (Å²) in [5.74, 6) is -1.92. The summed E-state index contributed by atoms with van der Waals surface area (Å²) in [5.41, 5.74) is 2.79. The number of halogens is 5. The fourth-order valence-electron chi connectivity index (χ4n) is 4.45. The second-order valence-corrected chi connectivity index (χ2v) is 9.04. The zero-order valence-electron chi connectivity index (χ0n) is 18.1. The lowest BCUT2D eigenvalue weighted by Gasteiger charge is -2.22. The maximum Gasteiger partial charge on any atom is 0.417 e. The zero-order valence-corrected chi connectivity index (χ0v) is 18.9. The standard InChI is InChI=1S/C23H16F5N5OS/c1-34-22-31-18-11(21(32-22)33-6-2-3-7-33)8-13(23(26,27)28)16(17(18)25)10-4-5-14(24)19-15(10)12(9-29)20(30)35-19/h4-5,8H,2-3,6-7,30H2,1H3. The largest absolute Gasteiger partial charge is 0.467 e. The Bertz CT molecular complexity index is 1540. The molecule has 1 fully saturated rings. The molecule has 4 aromatic rings. The molecule has 1 aliphatic heterocycles. The van der Waals surface area contributed by atoms with Crippen LogP contribution in [-0.4, -0.2) is 30.2 Å². The lowest BCUT2D eigenvalue weighted by Crippen LogP contribution is -2.20. The van der Waals surface area contributed by atoms with E-state index in [1.807, 2.05) is 0 Å². The van der Waals surface area contributed by atoms with Gasteiger partial charge in [-0.15, -0.1) is 11.3 Å². The number of nitriles is 1. The highest BCUT2D eigenvalue weighted by molar-refractivity contribution is 7.23. The number of hydrogen-bond donors (Lipinski definition) is 1. The number of ether oxygens (including phenoxy) is 1. The van der Waals surface area contributed by atoms with Gasteiger partial charge in [-0.1, -0.05) is 6.07 Å². The Morgan fingerprint density at radius 1 is 1.17 bits per heavy atom. The van der Waals surface area contributed by atoms with Crippen molar-refractivity contribution in [1.29, 1.82) is 5.26 Å². The molecule has 5 rings (SSSR count). The average Bonchev–Trinajstić information content (AvgIpc) is 3.46. The van der Waals surface area contributed by atoms with Crippen LogP contribution in [0.4, 0.5) is 32.8 Å². The minimum atomic E-state index is -4.98. The van der Waals surface area contributed by atoms with E-state index in [-0.39, 0.29) is 48.9 Å². The number of nitrogens with zero attached hydrogens (tertiary/aromatic N) is 4. The van der Waals surface area contributed by atoms with E-state index in [2.05, 4.69) is 9.97 Å². The maximum absolute atomic E-state index is 16.1. The van der Waals surface area contributed by atoms with Crippen molar-refractivity contribution in [2.24, 2.45) is 0 Å². The fraction of sp³-hybridized carbons (Fsp3) is 0.261. The van der Waals surface area contributed by atoms with Crippen LogP contribution in [0.5, 0.6) is 6.01 Å². The van der Waals surface area contributed by atoms with Crippen LogP contribution in [0.3, 0.4) is 0 Å². The molecule has 0 aliphatic carbocycles. The normalized spacial score (nSPS) is 14.1. The summed E-state index contributed by atoms with van der Waals surface area (Å²) in [7, 11) is 1.27. The molecule has 1 saturated heterocycles. The fourth-order valence-corrected chi connectivity index (χ4v) is 5.40. The van der Waals surface area contributed by atoms with Crippen LogP contribution in [0.1, 0.15) is 24.0 Å². The van der Waals surface area contributed by atoms with E-state index in [4.69, 9.17) is 10.5 Å². The van der Waals surface area contributed by atoms with Gasteiger partial charge in [0, 0.05) is 29.4 Å². The molecule has 2 aromatic heterocycles. The van der Waals surface area contributed by atoms with Crippen molar-refractivity contribution in [3.05, 3.63) is 41.0 Å². The molecule has 12 heteroatoms. The Balaban J connectivity index is 1.94. The van der Waals surface area contributed by atoms with Crippen molar-refractivity contribution in [3.63, 3.8) is 0 Å². The number of anilines is 2. The summed E-state index contributed by atoms with van der Waals surface area (Å²) in [5, 5.41) is 9.18. The smallest absolute Gasteiger partial charge is 0.417 e. The molecule has 1 aliphatic rings. The summed E-state index contributed by atoms with van der Waals surface area (Å²) in [6, 6.07) is 4.34. The third-order valence-corrected chi connectivity index (χ3v) is 7.01. The number of hydrogen-bond acceptors (Lipinski definition) is 7. The Morgan fingerprint density at radius 3 is 2.51 bits per heavy atom. The van der Waals surface area contributed by atoms with Crippen molar-refractivity contribution in [2.75, 3.05) is 30.8 Å². The summed E-state index contributed by atoms with van der Waals surface area (Å²) >= 11 is 0.711. The number of nitrogen functional groups attached to an aromatic ring is 1. The average molecular weight is 505 g/mol. The van der Waals surface area contributed by atoms with E-state index in [0.717, 1.165) is 31.0 Å². The van der Waals surface area contributed by atoms with Gasteiger partial charge in [0.25, 0.3) is 0 Å². The van der Waals surface area contributed by atoms with Crippen molar-refractivity contribution in [1.82, 2.24) is 9.97 Å². The van der Waals surface area contributed by atoms with Crippen LogP contribution in [0, 0.1) is 23.0 Å². The maximum atomic E-state index is 16.1. The minimum absolute atomic E-state index is 0.0797. The van der Waals surface area contributed by atoms with Crippen molar-refractivity contribution in [2.45, 2.75) is 19.0 Å². The molecule has 2 N–H and O–H groups in total. The van der Waals surface area contributed by atoms with Gasteiger partial charge in [-0.3, -0.25) is 0 Å². The SMILES string of the molecule is COc1nc(N2CCCC2)c2cc(C(F)(F)F)c(-c3ccc(F)c4sc(N)c(C#N)c34)c(F)c2n1. The van der Waals surface area contributed by atoms with E-state index < -0.39 is 28.9 Å². The van der Waals surface area contributed by atoms with E-state index in [1.54, 1.807) is 11.0 Å². The Kier molecular flexibility index (Phi) is 5.40. The van der Waals surface area contributed by atoms with Crippen molar-refractivity contribution >= 4 is 43.1 Å². The molecule has 2 aromatic carbocycles. The van der Waals surface area contributed by atoms with Crippen LogP contribution in [0.25, 0.3) is 32.1 Å². The van der Waals surface area contributed by atoms with Gasteiger partial charge < -0.3 is 15.4 Å². The number of aromatic nitrogens is 2. The molecular weight excluding hydrogens is 489 g/mol. The lowest BCUT2D eigenvalue weighted by molar-refractivity contribution is -0.137. The first-order valence-corrected chi connectivity index (χ1v) is 11.3. The van der Waals surface area contributed by atoms with E-state index in [1.165, 1.54) is 7.11 Å². The predicted molar refractivity (Wildman–Crippen MR) is 122 cm³/mol. The highest BCUT2D eigenvalue weighted by Gasteiger charge is 2.38. The zero-order chi connectivity index (χ0) is 25.1. The number of benzene rings is 2. The number of rotatable bonds is 3. The molecule has 0 atom stereocenters. The van der Waals surface area contributed by atoms with E-state index >= 15 is 4.39 Å². The van der Waals surface area contributed by atoms with Crippen LogP contribution in [0.2, 0.25) is 0 Å². The van der Waals surface area contributed by atoms with Gasteiger partial charge in [-0.25, -0.2) is 8.78 Å². The van der Waals surface area contributed by atoms with Gasteiger partial charge in [0.2, 0.25) is 0 Å². The van der Waals surface area contributed by atoms with E-state index in [0.29, 0.717) is 24.4 Å². The topological polar surface area (TPSA) is 88.1 Å². The quantitative estimate of drug-likeness (QED) is 0.351. The van der Waals surface area contributed by atoms with Crippen molar-refractivity contribution < 1.29 is 26.7 Å². The Labute approximate surface area is 199 Å². The van der Waals surface area contributed by atoms with Crippen LogP contribution in [-0.2, 0) is 6.18 Å². The first kappa shape index (κ1) is 23.0.